The monoisotopic (exact) mass is 744 g/mol. The van der Waals surface area contributed by atoms with Crippen LogP contribution in [0.15, 0.2) is 60.2 Å². The van der Waals surface area contributed by atoms with Gasteiger partial charge in [0.15, 0.2) is 0 Å². The van der Waals surface area contributed by atoms with Gasteiger partial charge in [-0.2, -0.15) is 5.26 Å². The zero-order valence-corrected chi connectivity index (χ0v) is 31.5. The summed E-state index contributed by atoms with van der Waals surface area (Å²) in [5.41, 5.74) is 6.50. The maximum atomic E-state index is 12.3. The van der Waals surface area contributed by atoms with Crippen LogP contribution < -0.4 is 19.5 Å². The predicted octanol–water partition coefficient (Wildman–Crippen LogP) is 4.95. The van der Waals surface area contributed by atoms with Crippen molar-refractivity contribution < 1.29 is 34.0 Å². The molecule has 2 unspecified atom stereocenters. The van der Waals surface area contributed by atoms with Crippen LogP contribution in [0.2, 0.25) is 5.02 Å². The predicted molar refractivity (Wildman–Crippen MR) is 202 cm³/mol. The Labute approximate surface area is 316 Å². The Morgan fingerprint density at radius 2 is 1.83 bits per heavy atom. The maximum absolute atomic E-state index is 12.3. The fourth-order valence-corrected chi connectivity index (χ4v) is 7.35. The Balaban J connectivity index is 1.15. The van der Waals surface area contributed by atoms with E-state index in [4.69, 9.17) is 30.5 Å². The molecule has 6 rings (SSSR count). The van der Waals surface area contributed by atoms with Gasteiger partial charge in [0.1, 0.15) is 42.0 Å². The summed E-state index contributed by atoms with van der Waals surface area (Å²) < 4.78 is 24.0. The average molecular weight is 745 g/mol. The first-order chi connectivity index (χ1) is 25.6. The van der Waals surface area contributed by atoms with E-state index in [1.165, 1.54) is 0 Å². The molecule has 4 atom stereocenters. The van der Waals surface area contributed by atoms with Gasteiger partial charge in [-0.25, -0.2) is 0 Å². The summed E-state index contributed by atoms with van der Waals surface area (Å²) in [7, 11) is 0. The van der Waals surface area contributed by atoms with E-state index in [-0.39, 0.29) is 32.5 Å². The highest BCUT2D eigenvalue weighted by Gasteiger charge is 2.55. The third-order valence-electron chi connectivity index (χ3n) is 10.3. The molecule has 282 valence electrons. The first kappa shape index (κ1) is 38.6. The lowest BCUT2D eigenvalue weighted by molar-refractivity contribution is -0.146. The number of hydrogen-bond donors (Lipinski definition) is 3. The van der Waals surface area contributed by atoms with Crippen LogP contribution in [-0.2, 0) is 22.7 Å². The van der Waals surface area contributed by atoms with Crippen LogP contribution in [0.4, 0.5) is 0 Å². The fraction of sp³-hybridized carbons (Fsp3) is 0.463. The number of carbonyl (C=O) groups excluding carboxylic acids is 1. The van der Waals surface area contributed by atoms with Gasteiger partial charge in [0, 0.05) is 50.9 Å². The van der Waals surface area contributed by atoms with Gasteiger partial charge < -0.3 is 34.1 Å². The average Bonchev–Trinajstić information content (AvgIpc) is 3.45. The molecule has 3 aromatic rings. The van der Waals surface area contributed by atoms with Crippen molar-refractivity contribution >= 4 is 17.6 Å². The third kappa shape index (κ3) is 9.15. The van der Waals surface area contributed by atoms with Crippen molar-refractivity contribution in [2.24, 2.45) is 0 Å². The van der Waals surface area contributed by atoms with Gasteiger partial charge in [0.2, 0.25) is 0 Å². The zero-order valence-electron chi connectivity index (χ0n) is 30.7. The van der Waals surface area contributed by atoms with E-state index in [0.29, 0.717) is 35.2 Å². The number of fused-ring (bicyclic) bond motifs is 1. The summed E-state index contributed by atoms with van der Waals surface area (Å²) in [6.45, 7) is 11.0. The summed E-state index contributed by atoms with van der Waals surface area (Å²) in [5.74, 6) is 1.26. The molecule has 3 aliphatic heterocycles. The van der Waals surface area contributed by atoms with E-state index in [1.54, 1.807) is 19.1 Å². The second-order valence-electron chi connectivity index (χ2n) is 14.0. The van der Waals surface area contributed by atoms with Crippen molar-refractivity contribution in [3.63, 3.8) is 0 Å². The van der Waals surface area contributed by atoms with E-state index < -0.39 is 24.2 Å². The molecule has 0 saturated carbocycles. The summed E-state index contributed by atoms with van der Waals surface area (Å²) in [4.78, 5) is 16.7. The molecule has 0 spiro atoms. The van der Waals surface area contributed by atoms with E-state index in [2.05, 4.69) is 47.2 Å². The lowest BCUT2D eigenvalue weighted by Gasteiger charge is -2.20. The molecule has 3 aliphatic rings. The van der Waals surface area contributed by atoms with Crippen LogP contribution in [0.1, 0.15) is 42.0 Å². The van der Waals surface area contributed by atoms with Crippen LogP contribution in [-0.4, -0.2) is 103 Å². The highest BCUT2D eigenvalue weighted by molar-refractivity contribution is 6.32. The van der Waals surface area contributed by atoms with Crippen molar-refractivity contribution in [3.8, 4) is 34.4 Å². The number of carbonyl (C=O) groups is 1. The quantitative estimate of drug-likeness (QED) is 0.0707. The fourth-order valence-electron chi connectivity index (χ4n) is 7.11. The van der Waals surface area contributed by atoms with Crippen molar-refractivity contribution in [1.82, 2.24) is 15.1 Å². The number of nitrogens with zero attached hydrogens (tertiary/aromatic N) is 3. The number of likely N-dealkylation sites (tertiary alicyclic amines) is 1. The first-order valence-electron chi connectivity index (χ1n) is 18.3. The normalized spacial score (nSPS) is 21.0. The first-order valence-corrected chi connectivity index (χ1v) is 18.7. The molecule has 0 radical (unpaired) electrons. The molecule has 12 heteroatoms. The van der Waals surface area contributed by atoms with Crippen LogP contribution in [0.5, 0.6) is 17.2 Å². The minimum atomic E-state index is -0.910. The van der Waals surface area contributed by atoms with E-state index >= 15 is 0 Å². The lowest BCUT2D eigenvalue weighted by atomic mass is 9.93. The topological polar surface area (TPSA) is 137 Å². The van der Waals surface area contributed by atoms with Gasteiger partial charge in [-0.05, 0) is 85.2 Å². The summed E-state index contributed by atoms with van der Waals surface area (Å²) in [5, 5.41) is 32.6. The van der Waals surface area contributed by atoms with Crippen LogP contribution in [0.25, 0.3) is 11.1 Å². The molecule has 2 saturated heterocycles. The van der Waals surface area contributed by atoms with Crippen molar-refractivity contribution in [1.29, 1.82) is 5.26 Å². The molecule has 3 aromatic carbocycles. The third-order valence-corrected chi connectivity index (χ3v) is 10.6. The van der Waals surface area contributed by atoms with Gasteiger partial charge in [0.25, 0.3) is 0 Å². The highest BCUT2D eigenvalue weighted by Crippen LogP contribution is 2.41. The molecule has 2 fully saturated rings. The number of hydrogen-bond acceptors (Lipinski definition) is 11. The molecule has 0 aromatic heterocycles. The Hall–Kier alpha value is -4.15. The number of nitriles is 1. The highest BCUT2D eigenvalue weighted by atomic mass is 35.5. The molecular formula is C41H49ClN4O7. The smallest absolute Gasteiger partial charge is 0.325 e. The van der Waals surface area contributed by atoms with Gasteiger partial charge >= 0.3 is 5.97 Å². The van der Waals surface area contributed by atoms with Crippen molar-refractivity contribution in [2.45, 2.75) is 64.4 Å². The van der Waals surface area contributed by atoms with Crippen molar-refractivity contribution in [3.05, 3.63) is 87.5 Å². The number of halogens is 1. The number of esters is 1. The Morgan fingerprint density at radius 1 is 1.06 bits per heavy atom. The molecule has 3 N–H and O–H groups in total. The largest absolute Gasteiger partial charge is 0.493 e. The number of aliphatic hydroxyl groups excluding tert-OH is 2. The van der Waals surface area contributed by atoms with Gasteiger partial charge in [-0.1, -0.05) is 41.9 Å². The molecule has 3 heterocycles. The second-order valence-corrected chi connectivity index (χ2v) is 14.4. The molecular weight excluding hydrogens is 696 g/mol. The van der Waals surface area contributed by atoms with E-state index in [0.717, 1.165) is 78.2 Å². The van der Waals surface area contributed by atoms with E-state index in [1.807, 2.05) is 30.3 Å². The van der Waals surface area contributed by atoms with Gasteiger partial charge in [-0.3, -0.25) is 15.0 Å². The maximum Gasteiger partial charge on any atom is 0.325 e. The SMILES string of the molecule is CCOC(=O)[C@H](CO)NCc1cc(Cl)c(OCc2cccc(-c3cccc(OCCCN4CC[C@@H](O)C4)c3C)c2C)cc1OCC1=CC2(C#N)CN2C1. The molecule has 53 heavy (non-hydrogen) atoms. The zero-order chi connectivity index (χ0) is 37.5. The minimum Gasteiger partial charge on any atom is -0.493 e. The number of aliphatic hydroxyl groups is 2. The molecule has 0 aliphatic carbocycles. The number of β-amino-alcohol motifs (C(OH)–C–C–N with tert-alkyl or cyclic N) is 1. The number of ether oxygens (including phenoxy) is 4. The number of nitrogens with one attached hydrogen (secondary N) is 1. The van der Waals surface area contributed by atoms with E-state index in [9.17, 15) is 20.3 Å². The minimum absolute atomic E-state index is 0.179. The molecule has 0 amide bonds. The van der Waals surface area contributed by atoms with Gasteiger partial charge in [0.05, 0.1) is 37.0 Å². The van der Waals surface area contributed by atoms with Gasteiger partial charge in [-0.15, -0.1) is 0 Å². The second kappa shape index (κ2) is 17.3. The summed E-state index contributed by atoms with van der Waals surface area (Å²) in [6.07, 6.45) is 3.50. The Morgan fingerprint density at radius 3 is 2.55 bits per heavy atom. The summed E-state index contributed by atoms with van der Waals surface area (Å²) in [6, 6.07) is 17.3. The molecule has 0 bridgehead atoms. The number of benzene rings is 3. The number of rotatable bonds is 18. The van der Waals surface area contributed by atoms with Crippen molar-refractivity contribution in [2.75, 3.05) is 59.2 Å². The van der Waals surface area contributed by atoms with Crippen LogP contribution in [0.3, 0.4) is 0 Å². The summed E-state index contributed by atoms with van der Waals surface area (Å²) >= 11 is 6.79. The Bertz CT molecular complexity index is 1860. The standard InChI is InChI=1S/C41H49ClN4O7/c1-4-50-40(49)36(22-47)44-19-31-16-35(42)39(17-38(31)52-23-29-18-41(25-43)26-46(41)20-29)53-24-30-8-5-9-33(27(30)2)34-10-6-11-37(28(34)3)51-15-7-13-45-14-12-32(48)21-45/h5-6,8-11,16-18,32,36,44,47-48H,4,7,12-15,19-24,26H2,1-3H3/t32-,36+,41?,46?/m1/s1. The van der Waals surface area contributed by atoms with Crippen LogP contribution >= 0.6 is 11.6 Å². The Kier molecular flexibility index (Phi) is 12.6. The molecule has 11 nitrogen and oxygen atoms in total. The lowest BCUT2D eigenvalue weighted by Crippen LogP contribution is -2.40. The van der Waals surface area contributed by atoms with Crippen LogP contribution in [0, 0.1) is 25.2 Å².